The summed E-state index contributed by atoms with van der Waals surface area (Å²) in [5.74, 6) is -0.583. The van der Waals surface area contributed by atoms with Gasteiger partial charge in [0.05, 0.1) is 12.7 Å². The Morgan fingerprint density at radius 3 is 1.79 bits per heavy atom. The Kier molecular flexibility index (Phi) is 17.2. The molecular formula is C34H49NO7. The van der Waals surface area contributed by atoms with Crippen molar-refractivity contribution in [3.8, 4) is 0 Å². The summed E-state index contributed by atoms with van der Waals surface area (Å²) in [6.45, 7) is 1.20. The molecular weight excluding hydrogens is 534 g/mol. The summed E-state index contributed by atoms with van der Waals surface area (Å²) >= 11 is 0. The van der Waals surface area contributed by atoms with Gasteiger partial charge in [-0.05, 0) is 30.4 Å². The standard InChI is InChI=1S/C34H49NO7/c1-2-3-4-15-22-30(37)23-16-7-5-6-8-17-24-31(38)34(27-36,32(39)41-25-28-18-11-9-12-19-28)35-33(40)42-26-29-20-13-10-14-21-29/h9-14,18-21,31,36,38H,2-8,15-17,22-27H2,1H3,(H,35,40)/t31-,34-/m1/s1. The second-order valence-electron chi connectivity index (χ2n) is 10.9. The van der Waals surface area contributed by atoms with Gasteiger partial charge in [0.25, 0.3) is 0 Å². The van der Waals surface area contributed by atoms with Crippen LogP contribution in [0, 0.1) is 0 Å². The number of hydrogen-bond acceptors (Lipinski definition) is 7. The zero-order valence-electron chi connectivity index (χ0n) is 25.1. The van der Waals surface area contributed by atoms with Gasteiger partial charge in [-0.3, -0.25) is 4.79 Å². The fourth-order valence-corrected chi connectivity index (χ4v) is 4.76. The first kappa shape index (κ1) is 35.0. The van der Waals surface area contributed by atoms with Crippen molar-refractivity contribution < 1.29 is 34.1 Å². The third kappa shape index (κ3) is 13.2. The Labute approximate surface area is 250 Å². The van der Waals surface area contributed by atoms with Gasteiger partial charge in [-0.2, -0.15) is 0 Å². The van der Waals surface area contributed by atoms with Gasteiger partial charge in [0.15, 0.2) is 5.54 Å². The highest BCUT2D eigenvalue weighted by Gasteiger charge is 2.48. The molecule has 8 heteroatoms. The maximum atomic E-state index is 13.2. The van der Waals surface area contributed by atoms with Crippen molar-refractivity contribution in [2.75, 3.05) is 6.61 Å². The molecule has 0 saturated carbocycles. The van der Waals surface area contributed by atoms with Crippen LogP contribution in [0.25, 0.3) is 0 Å². The smallest absolute Gasteiger partial charge is 0.408 e. The van der Waals surface area contributed by atoms with Crippen LogP contribution in [0.4, 0.5) is 4.79 Å². The number of nitrogens with one attached hydrogen (secondary N) is 1. The van der Waals surface area contributed by atoms with Crippen molar-refractivity contribution in [2.24, 2.45) is 0 Å². The predicted octanol–water partition coefficient (Wildman–Crippen LogP) is 6.41. The van der Waals surface area contributed by atoms with E-state index in [4.69, 9.17) is 9.47 Å². The lowest BCUT2D eigenvalue weighted by Gasteiger charge is -2.34. The number of unbranched alkanes of at least 4 members (excludes halogenated alkanes) is 8. The summed E-state index contributed by atoms with van der Waals surface area (Å²) in [6.07, 6.45) is 8.81. The SMILES string of the molecule is CCCCCCC(=O)CCCCCCCC[C@@H](O)[C@@](CO)(NC(=O)OCc1ccccc1)C(=O)OCc1ccccc1. The molecule has 42 heavy (non-hydrogen) atoms. The van der Waals surface area contributed by atoms with Crippen molar-refractivity contribution >= 4 is 17.8 Å². The van der Waals surface area contributed by atoms with Crippen molar-refractivity contribution in [2.45, 2.75) is 115 Å². The molecule has 232 valence electrons. The summed E-state index contributed by atoms with van der Waals surface area (Å²) in [5.41, 5.74) is -0.581. The number of alkyl carbamates (subject to hydrolysis) is 1. The van der Waals surface area contributed by atoms with E-state index in [-0.39, 0.29) is 19.6 Å². The van der Waals surface area contributed by atoms with Crippen LogP contribution in [0.5, 0.6) is 0 Å². The number of aliphatic hydroxyl groups excluding tert-OH is 2. The molecule has 0 aliphatic heterocycles. The molecule has 2 aromatic carbocycles. The number of rotatable bonds is 22. The minimum absolute atomic E-state index is 0.0339. The number of ketones is 1. The van der Waals surface area contributed by atoms with Crippen LogP contribution in [-0.4, -0.2) is 46.3 Å². The molecule has 0 bridgehead atoms. The Morgan fingerprint density at radius 2 is 1.24 bits per heavy atom. The van der Waals surface area contributed by atoms with Gasteiger partial charge < -0.3 is 25.0 Å². The number of Topliss-reactive ketones (excluding diaryl/α,β-unsaturated/α-hetero) is 1. The zero-order valence-corrected chi connectivity index (χ0v) is 25.1. The number of hydrogen-bond donors (Lipinski definition) is 3. The normalized spacial score (nSPS) is 13.1. The molecule has 0 aliphatic rings. The number of amides is 1. The number of carbonyl (C=O) groups is 3. The number of carbonyl (C=O) groups excluding carboxylic acids is 3. The van der Waals surface area contributed by atoms with Crippen LogP contribution in [-0.2, 0) is 32.3 Å². The molecule has 0 aliphatic carbocycles. The van der Waals surface area contributed by atoms with Crippen LogP contribution in [0.1, 0.15) is 102 Å². The first-order chi connectivity index (χ1) is 20.4. The lowest BCUT2D eigenvalue weighted by Crippen LogP contribution is -2.65. The number of ether oxygens (including phenoxy) is 2. The molecule has 2 atom stereocenters. The third-order valence-corrected chi connectivity index (χ3v) is 7.43. The summed E-state index contributed by atoms with van der Waals surface area (Å²) in [6, 6.07) is 18.1. The molecule has 0 spiro atoms. The lowest BCUT2D eigenvalue weighted by atomic mass is 9.89. The van der Waals surface area contributed by atoms with E-state index in [1.54, 1.807) is 24.3 Å². The van der Waals surface area contributed by atoms with Crippen LogP contribution in [0.15, 0.2) is 60.7 Å². The van der Waals surface area contributed by atoms with Gasteiger partial charge in [-0.1, -0.05) is 119 Å². The monoisotopic (exact) mass is 583 g/mol. The van der Waals surface area contributed by atoms with Gasteiger partial charge >= 0.3 is 12.1 Å². The van der Waals surface area contributed by atoms with Gasteiger partial charge in [0, 0.05) is 12.8 Å². The maximum absolute atomic E-state index is 13.2. The van der Waals surface area contributed by atoms with Crippen molar-refractivity contribution in [3.63, 3.8) is 0 Å². The van der Waals surface area contributed by atoms with Crippen LogP contribution in [0.3, 0.4) is 0 Å². The van der Waals surface area contributed by atoms with Crippen molar-refractivity contribution in [3.05, 3.63) is 71.8 Å². The third-order valence-electron chi connectivity index (χ3n) is 7.43. The van der Waals surface area contributed by atoms with Crippen molar-refractivity contribution in [1.82, 2.24) is 5.32 Å². The molecule has 0 saturated heterocycles. The Balaban J connectivity index is 1.84. The molecule has 0 heterocycles. The Bertz CT molecular complexity index is 1030. The van der Waals surface area contributed by atoms with E-state index in [1.165, 1.54) is 12.8 Å². The highest BCUT2D eigenvalue weighted by molar-refractivity contribution is 5.87. The molecule has 0 unspecified atom stereocenters. The summed E-state index contributed by atoms with van der Waals surface area (Å²) in [7, 11) is 0. The average molecular weight is 584 g/mol. The summed E-state index contributed by atoms with van der Waals surface area (Å²) in [4.78, 5) is 37.9. The highest BCUT2D eigenvalue weighted by atomic mass is 16.6. The summed E-state index contributed by atoms with van der Waals surface area (Å²) < 4.78 is 10.7. The molecule has 2 aromatic rings. The Hall–Kier alpha value is -3.23. The fourth-order valence-electron chi connectivity index (χ4n) is 4.76. The van der Waals surface area contributed by atoms with Gasteiger partial charge in [-0.15, -0.1) is 0 Å². The maximum Gasteiger partial charge on any atom is 0.408 e. The second kappa shape index (κ2) is 20.6. The molecule has 0 fully saturated rings. The lowest BCUT2D eigenvalue weighted by molar-refractivity contribution is -0.161. The van der Waals surface area contributed by atoms with Crippen LogP contribution >= 0.6 is 0 Å². The van der Waals surface area contributed by atoms with E-state index in [2.05, 4.69) is 12.2 Å². The molecule has 8 nitrogen and oxygen atoms in total. The molecule has 0 aromatic heterocycles. The van der Waals surface area contributed by atoms with E-state index in [1.807, 2.05) is 36.4 Å². The predicted molar refractivity (Wildman–Crippen MR) is 163 cm³/mol. The largest absolute Gasteiger partial charge is 0.459 e. The average Bonchev–Trinajstić information content (AvgIpc) is 3.02. The van der Waals surface area contributed by atoms with E-state index in [0.717, 1.165) is 56.1 Å². The number of benzene rings is 2. The zero-order chi connectivity index (χ0) is 30.5. The first-order valence-electron chi connectivity index (χ1n) is 15.4. The first-order valence-corrected chi connectivity index (χ1v) is 15.4. The van der Waals surface area contributed by atoms with Gasteiger partial charge in [0.1, 0.15) is 19.0 Å². The van der Waals surface area contributed by atoms with Gasteiger partial charge in [0.2, 0.25) is 0 Å². The minimum Gasteiger partial charge on any atom is -0.459 e. The van der Waals surface area contributed by atoms with E-state index in [9.17, 15) is 24.6 Å². The van der Waals surface area contributed by atoms with Crippen LogP contribution < -0.4 is 5.32 Å². The van der Waals surface area contributed by atoms with Gasteiger partial charge in [-0.25, -0.2) is 9.59 Å². The number of esters is 1. The van der Waals surface area contributed by atoms with Crippen LogP contribution in [0.2, 0.25) is 0 Å². The minimum atomic E-state index is -2.07. The molecule has 2 rings (SSSR count). The second-order valence-corrected chi connectivity index (χ2v) is 10.9. The number of aliphatic hydroxyl groups is 2. The van der Waals surface area contributed by atoms with E-state index >= 15 is 0 Å². The highest BCUT2D eigenvalue weighted by Crippen LogP contribution is 2.21. The fraction of sp³-hybridized carbons (Fsp3) is 0.559. The van der Waals surface area contributed by atoms with E-state index < -0.39 is 30.3 Å². The summed E-state index contributed by atoms with van der Waals surface area (Å²) in [5, 5.41) is 23.8. The quantitative estimate of drug-likeness (QED) is 0.108. The molecule has 3 N–H and O–H groups in total. The Morgan fingerprint density at radius 1 is 0.738 bits per heavy atom. The molecule has 0 radical (unpaired) electrons. The van der Waals surface area contributed by atoms with Crippen molar-refractivity contribution in [1.29, 1.82) is 0 Å². The molecule has 1 amide bonds. The van der Waals surface area contributed by atoms with E-state index in [0.29, 0.717) is 25.0 Å². The topological polar surface area (TPSA) is 122 Å².